The van der Waals surface area contributed by atoms with Crippen molar-refractivity contribution in [2.24, 2.45) is 0 Å². The van der Waals surface area contributed by atoms with Gasteiger partial charge in [-0.15, -0.1) is 5.10 Å². The highest BCUT2D eigenvalue weighted by Crippen LogP contribution is 2.28. The van der Waals surface area contributed by atoms with E-state index in [0.29, 0.717) is 10.9 Å². The molecule has 0 bridgehead atoms. The molecule has 0 unspecified atom stereocenters. The van der Waals surface area contributed by atoms with Crippen molar-refractivity contribution in [1.82, 2.24) is 19.8 Å². The summed E-state index contributed by atoms with van der Waals surface area (Å²) >= 11 is 6.00. The van der Waals surface area contributed by atoms with Crippen LogP contribution in [0.2, 0.25) is 5.02 Å². The standard InChI is InChI=1S/C15H9ClN4O3S/c16-10-6-2-4-8-12(10)24(22,23)15-13-17-14(21)9-5-1-3-7-11(9)20(13)19-18-15/h1-8,19H. The second-order valence-corrected chi connectivity index (χ2v) is 7.28. The number of nitrogens with one attached hydrogen (secondary N) is 1. The quantitative estimate of drug-likeness (QED) is 0.590. The van der Waals surface area contributed by atoms with Crippen molar-refractivity contribution >= 4 is 38.0 Å². The lowest BCUT2D eigenvalue weighted by molar-refractivity contribution is 0.592. The van der Waals surface area contributed by atoms with Gasteiger partial charge in [0.2, 0.25) is 14.9 Å². The van der Waals surface area contributed by atoms with Crippen LogP contribution >= 0.6 is 11.6 Å². The van der Waals surface area contributed by atoms with Crippen LogP contribution in [0.3, 0.4) is 0 Å². The van der Waals surface area contributed by atoms with Crippen LogP contribution in [0.15, 0.2) is 63.2 Å². The first-order chi connectivity index (χ1) is 11.5. The summed E-state index contributed by atoms with van der Waals surface area (Å²) < 4.78 is 27.1. The van der Waals surface area contributed by atoms with Crippen molar-refractivity contribution in [3.8, 4) is 0 Å². The van der Waals surface area contributed by atoms with E-state index >= 15 is 0 Å². The molecule has 0 amide bonds. The molecule has 0 radical (unpaired) electrons. The molecule has 0 aliphatic carbocycles. The summed E-state index contributed by atoms with van der Waals surface area (Å²) in [6.07, 6.45) is 0. The van der Waals surface area contributed by atoms with E-state index in [-0.39, 0.29) is 20.6 Å². The van der Waals surface area contributed by atoms with E-state index in [1.165, 1.54) is 16.6 Å². The fourth-order valence-corrected chi connectivity index (χ4v) is 4.28. The SMILES string of the molecule is O=c1nc2c(S(=O)(=O)c3ccccc3Cl)n[nH]n2c2ccccc12. The Morgan fingerprint density at radius 3 is 2.54 bits per heavy atom. The first-order valence-corrected chi connectivity index (χ1v) is 8.72. The molecule has 0 saturated heterocycles. The second kappa shape index (κ2) is 5.15. The molecule has 120 valence electrons. The molecule has 0 atom stereocenters. The fraction of sp³-hybridized carbons (Fsp3) is 0. The van der Waals surface area contributed by atoms with Gasteiger partial charge in [0, 0.05) is 0 Å². The Kier molecular flexibility index (Phi) is 3.19. The summed E-state index contributed by atoms with van der Waals surface area (Å²) in [6.45, 7) is 0. The van der Waals surface area contributed by atoms with Gasteiger partial charge in [-0.05, 0) is 24.3 Å². The summed E-state index contributed by atoms with van der Waals surface area (Å²) in [5.74, 6) is 0. The third-order valence-corrected chi connectivity index (χ3v) is 5.78. The first-order valence-electron chi connectivity index (χ1n) is 6.85. The topological polar surface area (TPSA) is 97.2 Å². The Balaban J connectivity index is 2.09. The van der Waals surface area contributed by atoms with Crippen LogP contribution < -0.4 is 5.56 Å². The Bertz CT molecular complexity index is 1260. The minimum Gasteiger partial charge on any atom is -0.267 e. The van der Waals surface area contributed by atoms with Gasteiger partial charge in [0.1, 0.15) is 0 Å². The average molecular weight is 361 g/mol. The van der Waals surface area contributed by atoms with Crippen LogP contribution in [0.1, 0.15) is 0 Å². The predicted molar refractivity (Wildman–Crippen MR) is 88.0 cm³/mol. The molecule has 9 heteroatoms. The number of aromatic amines is 1. The van der Waals surface area contributed by atoms with Gasteiger partial charge in [0.15, 0.2) is 5.65 Å². The summed E-state index contributed by atoms with van der Waals surface area (Å²) in [7, 11) is -4.03. The molecule has 4 rings (SSSR count). The van der Waals surface area contributed by atoms with E-state index in [4.69, 9.17) is 11.6 Å². The second-order valence-electron chi connectivity index (χ2n) is 5.04. The van der Waals surface area contributed by atoms with E-state index in [1.54, 1.807) is 36.4 Å². The maximum absolute atomic E-state index is 12.9. The van der Waals surface area contributed by atoms with Crippen LogP contribution in [0.5, 0.6) is 0 Å². The van der Waals surface area contributed by atoms with E-state index in [1.807, 2.05) is 0 Å². The first kappa shape index (κ1) is 14.9. The molecule has 24 heavy (non-hydrogen) atoms. The molecule has 0 saturated carbocycles. The molecule has 0 spiro atoms. The molecule has 0 aliphatic heterocycles. The van der Waals surface area contributed by atoms with Gasteiger partial charge < -0.3 is 0 Å². The van der Waals surface area contributed by atoms with Crippen molar-refractivity contribution in [2.75, 3.05) is 0 Å². The van der Waals surface area contributed by atoms with Gasteiger partial charge in [0.25, 0.3) is 5.56 Å². The van der Waals surface area contributed by atoms with Crippen molar-refractivity contribution in [1.29, 1.82) is 0 Å². The molecule has 0 fully saturated rings. The van der Waals surface area contributed by atoms with Crippen molar-refractivity contribution in [2.45, 2.75) is 9.92 Å². The van der Waals surface area contributed by atoms with Crippen LogP contribution in [-0.4, -0.2) is 28.2 Å². The van der Waals surface area contributed by atoms with E-state index in [9.17, 15) is 13.2 Å². The number of nitrogens with zero attached hydrogens (tertiary/aromatic N) is 3. The highest BCUT2D eigenvalue weighted by Gasteiger charge is 2.27. The van der Waals surface area contributed by atoms with Gasteiger partial charge in [-0.25, -0.2) is 18.1 Å². The van der Waals surface area contributed by atoms with Crippen molar-refractivity contribution in [3.63, 3.8) is 0 Å². The van der Waals surface area contributed by atoms with Gasteiger partial charge >= 0.3 is 0 Å². The third-order valence-electron chi connectivity index (χ3n) is 3.62. The lowest BCUT2D eigenvalue weighted by Crippen LogP contribution is -2.12. The minimum absolute atomic E-state index is 0.0707. The highest BCUT2D eigenvalue weighted by molar-refractivity contribution is 7.91. The number of H-pyrrole nitrogens is 1. The van der Waals surface area contributed by atoms with Crippen LogP contribution in [0, 0.1) is 0 Å². The van der Waals surface area contributed by atoms with Gasteiger partial charge in [-0.2, -0.15) is 4.98 Å². The Morgan fingerprint density at radius 1 is 1.04 bits per heavy atom. The number of fused-ring (bicyclic) bond motifs is 3. The molecular formula is C15H9ClN4O3S. The number of hydrogen-bond donors (Lipinski definition) is 1. The Labute approximate surface area is 140 Å². The fourth-order valence-electron chi connectivity index (χ4n) is 2.51. The zero-order valence-corrected chi connectivity index (χ0v) is 13.5. The summed E-state index contributed by atoms with van der Waals surface area (Å²) in [4.78, 5) is 16.0. The van der Waals surface area contributed by atoms with E-state index < -0.39 is 15.4 Å². The van der Waals surface area contributed by atoms with Gasteiger partial charge in [0.05, 0.1) is 20.8 Å². The van der Waals surface area contributed by atoms with E-state index in [2.05, 4.69) is 15.3 Å². The van der Waals surface area contributed by atoms with Crippen molar-refractivity contribution in [3.05, 3.63) is 63.9 Å². The summed E-state index contributed by atoms with van der Waals surface area (Å²) in [5, 5.41) is 6.55. The number of aromatic nitrogens is 4. The number of benzene rings is 2. The van der Waals surface area contributed by atoms with Crippen LogP contribution in [0.25, 0.3) is 16.6 Å². The number of para-hydroxylation sites is 1. The monoisotopic (exact) mass is 360 g/mol. The predicted octanol–water partition coefficient (Wildman–Crippen LogP) is 2.06. The average Bonchev–Trinajstić information content (AvgIpc) is 3.00. The number of hydrogen-bond acceptors (Lipinski definition) is 5. The molecule has 2 aromatic heterocycles. The Morgan fingerprint density at radius 2 is 1.75 bits per heavy atom. The number of sulfone groups is 1. The highest BCUT2D eigenvalue weighted by atomic mass is 35.5. The van der Waals surface area contributed by atoms with Crippen LogP contribution in [-0.2, 0) is 9.84 Å². The molecule has 7 nitrogen and oxygen atoms in total. The van der Waals surface area contributed by atoms with Gasteiger partial charge in [-0.3, -0.25) is 4.79 Å². The smallest absolute Gasteiger partial charge is 0.267 e. The van der Waals surface area contributed by atoms with E-state index in [0.717, 1.165) is 0 Å². The number of rotatable bonds is 2. The largest absolute Gasteiger partial charge is 0.281 e. The molecule has 2 aromatic carbocycles. The summed E-state index contributed by atoms with van der Waals surface area (Å²) in [6, 6.07) is 12.8. The third kappa shape index (κ3) is 2.04. The zero-order chi connectivity index (χ0) is 16.9. The lowest BCUT2D eigenvalue weighted by atomic mass is 10.2. The maximum atomic E-state index is 12.9. The molecular weight excluding hydrogens is 352 g/mol. The molecule has 4 aromatic rings. The number of halogens is 1. The van der Waals surface area contributed by atoms with Crippen molar-refractivity contribution < 1.29 is 8.42 Å². The molecule has 0 aliphatic rings. The Hall–Kier alpha value is -2.71. The maximum Gasteiger partial charge on any atom is 0.281 e. The lowest BCUT2D eigenvalue weighted by Gasteiger charge is -2.04. The van der Waals surface area contributed by atoms with Gasteiger partial charge in [-0.1, -0.05) is 35.9 Å². The molecule has 1 N–H and O–H groups in total. The minimum atomic E-state index is -4.03. The molecule has 2 heterocycles. The zero-order valence-electron chi connectivity index (χ0n) is 12.0. The normalized spacial score (nSPS) is 12.0. The van der Waals surface area contributed by atoms with Crippen LogP contribution in [0.4, 0.5) is 0 Å². The summed E-state index contributed by atoms with van der Waals surface area (Å²) in [5.41, 5.74) is -0.109.